The van der Waals surface area contributed by atoms with E-state index in [2.05, 4.69) is 21.3 Å². The topological polar surface area (TPSA) is 484 Å². The molecule has 2 aliphatic heterocycles. The predicted octanol–water partition coefficient (Wildman–Crippen LogP) is 7.30. The summed E-state index contributed by atoms with van der Waals surface area (Å²) in [6.07, 6.45) is 1.80. The fraction of sp³-hybridized carbons (Fsp3) is 0.781. The molecular weight excluding hydrogens is 1960 g/mol. The number of nitrogens with one attached hydrogen (secondary N) is 4. The number of carbonyl (C=O) groups is 9. The van der Waals surface area contributed by atoms with Crippen LogP contribution in [0, 0.1) is 29.1 Å². The maximum atomic E-state index is 14.3. The van der Waals surface area contributed by atoms with E-state index in [4.69, 9.17) is 149 Å². The van der Waals surface area contributed by atoms with Gasteiger partial charge in [-0.1, -0.05) is 89.0 Å². The molecule has 1 fully saturated rings. The van der Waals surface area contributed by atoms with Crippen LogP contribution in [-0.2, 0) is 184 Å². The number of aliphatic carboxylic acids is 1. The highest BCUT2D eigenvalue weighted by Gasteiger charge is 2.48. The van der Waals surface area contributed by atoms with Gasteiger partial charge in [-0.15, -0.1) is 0 Å². The molecule has 148 heavy (non-hydrogen) atoms. The number of cyclic esters (lactones) is 2. The van der Waals surface area contributed by atoms with Crippen molar-refractivity contribution in [3.05, 3.63) is 76.3 Å². The van der Waals surface area contributed by atoms with E-state index in [1.807, 2.05) is 45.0 Å². The SMILES string of the molecule is COCCOCCOCCOCCOCCOCCOCCOCCOCCOCCOCCOCCOCCOCCOCCOCCOCCOCCOCCOCCOCCOCCOCCOCCC(=O)NCCCC[C@H](CC(=O)[C@@H](NC(=O)CCCC(=O)O)C(C)C)C(=O)CCc1ccc([C@H]2O[C@@H]2[C@@H](C)[C@@H]2C/C=C/C(=O)N[C@H](Cc3ccc(OC)c(Cl)c3)C(=O)NCC(C)(C)C(=O)O[C@@H](CC(C)C)C(=O)O2)cc1. The summed E-state index contributed by atoms with van der Waals surface area (Å²) in [4.78, 5) is 121. The van der Waals surface area contributed by atoms with Gasteiger partial charge in [0, 0.05) is 77.0 Å². The third kappa shape index (κ3) is 70.3. The van der Waals surface area contributed by atoms with Gasteiger partial charge in [0.25, 0.3) is 0 Å². The van der Waals surface area contributed by atoms with Crippen molar-refractivity contribution in [2.75, 3.05) is 338 Å². The van der Waals surface area contributed by atoms with E-state index in [9.17, 15) is 43.2 Å². The molecule has 1 saturated heterocycles. The van der Waals surface area contributed by atoms with Crippen molar-refractivity contribution in [1.82, 2.24) is 21.3 Å². The van der Waals surface area contributed by atoms with E-state index in [1.165, 1.54) is 13.2 Å². The van der Waals surface area contributed by atoms with E-state index in [-0.39, 0.29) is 107 Å². The minimum Gasteiger partial charge on any atom is -0.495 e. The van der Waals surface area contributed by atoms with E-state index in [1.54, 1.807) is 59.1 Å². The molecular formula is C105H175ClN4O38. The van der Waals surface area contributed by atoms with Crippen LogP contribution in [0.25, 0.3) is 0 Å². The molecule has 4 rings (SSSR count). The Morgan fingerprint density at radius 2 is 0.865 bits per heavy atom. The molecule has 0 aromatic heterocycles. The largest absolute Gasteiger partial charge is 0.495 e. The molecule has 5 N–H and O–H groups in total. The minimum atomic E-state index is -1.30. The second-order valence-electron chi connectivity index (χ2n) is 36.1. The van der Waals surface area contributed by atoms with Gasteiger partial charge in [0.1, 0.15) is 29.8 Å². The van der Waals surface area contributed by atoms with Crippen LogP contribution in [-0.4, -0.2) is 426 Å². The first-order valence-corrected chi connectivity index (χ1v) is 52.6. The molecule has 0 spiro atoms. The number of carbonyl (C=O) groups excluding carboxylic acids is 8. The third-order valence-corrected chi connectivity index (χ3v) is 23.0. The summed E-state index contributed by atoms with van der Waals surface area (Å²) < 4.78 is 156. The number of epoxide rings is 1. The van der Waals surface area contributed by atoms with Crippen LogP contribution >= 0.6 is 11.6 Å². The number of carboxylic acid groups (broad SMARTS) is 1. The van der Waals surface area contributed by atoms with Gasteiger partial charge in [-0.2, -0.15) is 0 Å². The van der Waals surface area contributed by atoms with Gasteiger partial charge < -0.3 is 159 Å². The Morgan fingerprint density at radius 3 is 1.24 bits per heavy atom. The van der Waals surface area contributed by atoms with Crippen molar-refractivity contribution in [3.8, 4) is 5.75 Å². The fourth-order valence-electron chi connectivity index (χ4n) is 14.3. The monoisotopic (exact) mass is 2140 g/mol. The molecule has 2 aromatic rings. The van der Waals surface area contributed by atoms with Crippen molar-refractivity contribution in [2.24, 2.45) is 29.1 Å². The quantitative estimate of drug-likeness (QED) is 0.0246. The average Bonchev–Trinajstić information content (AvgIpc) is 1.63. The highest BCUT2D eigenvalue weighted by atomic mass is 35.5. The van der Waals surface area contributed by atoms with Crippen LogP contribution < -0.4 is 26.0 Å². The molecule has 8 atom stereocenters. The van der Waals surface area contributed by atoms with Crippen LogP contribution in [0.2, 0.25) is 5.02 Å². The van der Waals surface area contributed by atoms with E-state index in [0.717, 1.165) is 11.1 Å². The molecule has 42 nitrogen and oxygen atoms in total. The molecule has 850 valence electrons. The zero-order valence-electron chi connectivity index (χ0n) is 89.2. The molecule has 0 unspecified atom stereocenters. The summed E-state index contributed by atoms with van der Waals surface area (Å²) in [5, 5.41) is 20.7. The summed E-state index contributed by atoms with van der Waals surface area (Å²) in [6.45, 7) is 33.7. The first-order chi connectivity index (χ1) is 71.9. The maximum Gasteiger partial charge on any atom is 0.347 e. The highest BCUT2D eigenvalue weighted by molar-refractivity contribution is 6.32. The van der Waals surface area contributed by atoms with E-state index >= 15 is 0 Å². The zero-order chi connectivity index (χ0) is 107. The van der Waals surface area contributed by atoms with Crippen LogP contribution in [0.4, 0.5) is 0 Å². The van der Waals surface area contributed by atoms with Gasteiger partial charge in [-0.05, 0) is 92.7 Å². The number of halogens is 1. The van der Waals surface area contributed by atoms with Crippen molar-refractivity contribution >= 4 is 64.7 Å². The van der Waals surface area contributed by atoms with Gasteiger partial charge in [0.2, 0.25) is 23.6 Å². The van der Waals surface area contributed by atoms with Crippen LogP contribution in [0.15, 0.2) is 54.6 Å². The standard InChI is InChI=1S/C105H175ClN4O38/c1-81(2)76-94-103(119)146-92(15-12-16-96(114)109-89(78-85-22-26-93(122-9)88(106)77-85)102(118)108-80-105(6,7)104(120)147-94)83(5)100-101(148-100)86-23-19-84(20-24-86)21-25-90(111)87(79-91(112)99(82(3)4)110-97(115)17-13-18-98(116)117)14-10-11-28-107-95(113)27-29-123-32-33-125-36-37-127-40-41-129-44-45-131-48-49-133-52-53-135-56-57-137-60-61-139-64-65-141-68-69-143-72-73-145-75-74-144-71-70-142-67-66-140-63-62-138-59-58-136-55-54-134-51-50-132-47-46-130-43-42-128-39-38-126-35-34-124-31-30-121-8/h12,16,19-20,22-24,26,77,81-83,87,89,92,94,99-101H,10-11,13-15,17-18,21,25,27-76,78-80H2,1-9H3,(H,107,113)(H,108,118)(H,109,114)(H,110,115)(H,116,117)/b16-12+/t83-,87+,89+,92-,94-,99-,100+,101+/m0/s1. The van der Waals surface area contributed by atoms with Gasteiger partial charge in [-0.25, -0.2) is 4.79 Å². The number of methoxy groups -OCH3 is 2. The van der Waals surface area contributed by atoms with Crippen molar-refractivity contribution < 1.29 is 181 Å². The van der Waals surface area contributed by atoms with Crippen LogP contribution in [0.1, 0.15) is 142 Å². The molecule has 0 aliphatic carbocycles. The average molecular weight is 2140 g/mol. The maximum absolute atomic E-state index is 14.3. The first kappa shape index (κ1) is 133. The Labute approximate surface area is 880 Å². The Balaban J connectivity index is 0.930. The molecule has 0 radical (unpaired) electrons. The van der Waals surface area contributed by atoms with Crippen LogP contribution in [0.3, 0.4) is 0 Å². The number of hydrogen-bond acceptors (Lipinski definition) is 37. The summed E-state index contributed by atoms with van der Waals surface area (Å²) >= 11 is 6.43. The van der Waals surface area contributed by atoms with Crippen LogP contribution in [0.5, 0.6) is 5.75 Å². The molecule has 4 amide bonds. The highest BCUT2D eigenvalue weighted by Crippen LogP contribution is 2.45. The van der Waals surface area contributed by atoms with E-state index in [0.29, 0.717) is 346 Å². The lowest BCUT2D eigenvalue weighted by atomic mass is 9.85. The normalized spacial score (nSPS) is 17.0. The zero-order valence-corrected chi connectivity index (χ0v) is 90.0. The minimum absolute atomic E-state index is 0.0543. The fourth-order valence-corrected chi connectivity index (χ4v) is 14.5. The Kier molecular flexibility index (Phi) is 80.3. The molecule has 0 saturated carbocycles. The van der Waals surface area contributed by atoms with Gasteiger partial charge in [-0.3, -0.25) is 38.4 Å². The molecule has 2 heterocycles. The number of amides is 4. The number of benzene rings is 2. The smallest absolute Gasteiger partial charge is 0.347 e. The number of aryl methyl sites for hydroxylation is 1. The number of ketones is 2. The summed E-state index contributed by atoms with van der Waals surface area (Å²) in [6, 6.07) is 10.7. The number of ether oxygens (including phenoxy) is 28. The predicted molar refractivity (Wildman–Crippen MR) is 544 cm³/mol. The lowest BCUT2D eigenvalue weighted by Gasteiger charge is -2.29. The lowest BCUT2D eigenvalue weighted by Crippen LogP contribution is -2.51. The number of esters is 2. The summed E-state index contributed by atoms with van der Waals surface area (Å²) in [5.41, 5.74) is 1.01. The van der Waals surface area contributed by atoms with Crippen molar-refractivity contribution in [1.29, 1.82) is 0 Å². The number of unbranched alkanes of at least 4 members (excludes halogenated alkanes) is 1. The Hall–Kier alpha value is -7.10. The number of Topliss-reactive ketones (excluding diaryl/α,β-unsaturated/α-hetero) is 2. The Morgan fingerprint density at radius 1 is 0.466 bits per heavy atom. The second-order valence-corrected chi connectivity index (χ2v) is 36.5. The molecule has 2 aliphatic rings. The summed E-state index contributed by atoms with van der Waals surface area (Å²) in [5.74, 6) is -5.89. The number of rotatable bonds is 98. The Bertz CT molecular complexity index is 3770. The van der Waals surface area contributed by atoms with Gasteiger partial charge in [0.15, 0.2) is 11.9 Å². The van der Waals surface area contributed by atoms with Gasteiger partial charge >= 0.3 is 17.9 Å². The number of carboxylic acids is 1. The van der Waals surface area contributed by atoms with Gasteiger partial charge in [0.05, 0.1) is 340 Å². The molecule has 2 aromatic carbocycles. The second kappa shape index (κ2) is 89.3. The van der Waals surface area contributed by atoms with Crippen molar-refractivity contribution in [3.63, 3.8) is 0 Å². The molecule has 43 heteroatoms. The third-order valence-electron chi connectivity index (χ3n) is 22.7. The number of hydrogen-bond donors (Lipinski definition) is 5. The lowest BCUT2D eigenvalue weighted by molar-refractivity contribution is -0.179. The first-order valence-electron chi connectivity index (χ1n) is 52.3. The summed E-state index contributed by atoms with van der Waals surface area (Å²) in [7, 11) is 3.12. The molecule has 0 bridgehead atoms. The van der Waals surface area contributed by atoms with E-state index < -0.39 is 89.4 Å². The van der Waals surface area contributed by atoms with Crippen molar-refractivity contribution in [2.45, 2.75) is 168 Å².